The molecule has 3 unspecified atom stereocenters. The third-order valence-electron chi connectivity index (χ3n) is 6.78. The molecule has 1 spiro atoms. The summed E-state index contributed by atoms with van der Waals surface area (Å²) in [5, 5.41) is 0. The smallest absolute Gasteiger partial charge is 0.254 e. The average Bonchev–Trinajstić information content (AvgIpc) is 2.99. The molecule has 3 heteroatoms. The molecule has 27 heavy (non-hydrogen) atoms. The van der Waals surface area contributed by atoms with Crippen LogP contribution in [-0.4, -0.2) is 30.5 Å². The molecule has 1 saturated heterocycles. The fourth-order valence-corrected chi connectivity index (χ4v) is 8.17. The van der Waals surface area contributed by atoms with Crippen molar-refractivity contribution in [3.8, 4) is 0 Å². The van der Waals surface area contributed by atoms with E-state index in [1.807, 2.05) is 36.4 Å². The van der Waals surface area contributed by atoms with Crippen molar-refractivity contribution in [3.63, 3.8) is 0 Å². The highest BCUT2D eigenvalue weighted by Gasteiger charge is 2.54. The number of carbonyl (C=O) groups excluding carboxylic acids is 1. The fourth-order valence-electron chi connectivity index (χ4n) is 5.56. The molecule has 3 atom stereocenters. The van der Waals surface area contributed by atoms with E-state index < -0.39 is 8.07 Å². The molecule has 1 aromatic rings. The maximum atomic E-state index is 13.7. The van der Waals surface area contributed by atoms with Gasteiger partial charge in [0.15, 0.2) is 6.08 Å². The predicted molar refractivity (Wildman–Crippen MR) is 116 cm³/mol. The molecular formula is C24H34NOSi+. The second kappa shape index (κ2) is 8.12. The Bertz CT molecular complexity index is 683. The Hall–Kier alpha value is -1.70. The summed E-state index contributed by atoms with van der Waals surface area (Å²) in [6, 6.07) is 12.4. The summed E-state index contributed by atoms with van der Waals surface area (Å²) >= 11 is 0. The van der Waals surface area contributed by atoms with E-state index in [1.54, 1.807) is 0 Å². The molecule has 1 heterocycles. The lowest BCUT2D eigenvalue weighted by atomic mass is 9.71. The number of allylic oxidation sites excluding steroid dienone is 1. The van der Waals surface area contributed by atoms with Crippen molar-refractivity contribution < 1.29 is 4.79 Å². The highest BCUT2D eigenvalue weighted by atomic mass is 28.3. The van der Waals surface area contributed by atoms with E-state index in [-0.39, 0.29) is 11.4 Å². The molecule has 0 aromatic heterocycles. The number of rotatable bonds is 6. The zero-order valence-corrected chi connectivity index (χ0v) is 18.0. The minimum absolute atomic E-state index is 0.0801. The van der Waals surface area contributed by atoms with Crippen molar-refractivity contribution in [3.05, 3.63) is 61.2 Å². The van der Waals surface area contributed by atoms with E-state index in [0.29, 0.717) is 12.0 Å². The van der Waals surface area contributed by atoms with Gasteiger partial charge in [0.1, 0.15) is 0 Å². The van der Waals surface area contributed by atoms with Crippen molar-refractivity contribution in [2.75, 3.05) is 0 Å². The molecule has 1 aliphatic heterocycles. The normalized spacial score (nSPS) is 28.3. The summed E-state index contributed by atoms with van der Waals surface area (Å²) in [6.45, 7) is 14.9. The summed E-state index contributed by atoms with van der Waals surface area (Å²) in [4.78, 5) is 16.0. The molecule has 2 aliphatic rings. The number of hydrogen-bond acceptors (Lipinski definition) is 1. The molecule has 2 nitrogen and oxygen atoms in total. The molecule has 0 radical (unpaired) electrons. The Kier molecular flexibility index (Phi) is 6.03. The largest absolute Gasteiger partial charge is 0.330 e. The van der Waals surface area contributed by atoms with Gasteiger partial charge in [-0.3, -0.25) is 4.79 Å². The van der Waals surface area contributed by atoms with E-state index >= 15 is 0 Å². The number of nitrogens with zero attached hydrogens (tertiary/aromatic N) is 1. The quantitative estimate of drug-likeness (QED) is 0.331. The lowest BCUT2D eigenvalue weighted by molar-refractivity contribution is 0.0262. The van der Waals surface area contributed by atoms with Crippen molar-refractivity contribution in [2.45, 2.75) is 75.3 Å². The van der Waals surface area contributed by atoms with Crippen molar-refractivity contribution in [2.24, 2.45) is 5.92 Å². The van der Waals surface area contributed by atoms with Crippen LogP contribution in [0.4, 0.5) is 0 Å². The maximum Gasteiger partial charge on any atom is 0.254 e. The number of benzene rings is 1. The second-order valence-electron chi connectivity index (χ2n) is 9.24. The Labute approximate surface area is 166 Å². The van der Waals surface area contributed by atoms with Gasteiger partial charge < -0.3 is 4.90 Å². The first kappa shape index (κ1) is 20.0. The molecule has 144 valence electrons. The first-order valence-corrected chi connectivity index (χ1v) is 13.9. The van der Waals surface area contributed by atoms with E-state index in [4.69, 9.17) is 6.58 Å². The second-order valence-corrected chi connectivity index (χ2v) is 14.4. The van der Waals surface area contributed by atoms with E-state index in [9.17, 15) is 4.79 Å². The van der Waals surface area contributed by atoms with Crippen LogP contribution < -0.4 is 0 Å². The van der Waals surface area contributed by atoms with Gasteiger partial charge in [-0.2, -0.15) is 0 Å². The summed E-state index contributed by atoms with van der Waals surface area (Å²) < 4.78 is 0. The van der Waals surface area contributed by atoms with Crippen molar-refractivity contribution in [1.82, 2.24) is 4.90 Å². The van der Waals surface area contributed by atoms with Gasteiger partial charge in [-0.1, -0.05) is 50.2 Å². The van der Waals surface area contributed by atoms with Gasteiger partial charge in [-0.25, -0.2) is 0 Å². The highest BCUT2D eigenvalue weighted by Crippen LogP contribution is 2.50. The highest BCUT2D eigenvalue weighted by molar-refractivity contribution is 6.78. The van der Waals surface area contributed by atoms with Crippen LogP contribution in [0.1, 0.15) is 48.9 Å². The van der Waals surface area contributed by atoms with E-state index in [0.717, 1.165) is 43.3 Å². The lowest BCUT2D eigenvalue weighted by Gasteiger charge is -2.47. The average molecular weight is 381 g/mol. The summed E-state index contributed by atoms with van der Waals surface area (Å²) in [6.07, 6.45) is 10.8. The van der Waals surface area contributed by atoms with Crippen LogP contribution in [-0.2, 0) is 0 Å². The predicted octanol–water partition coefficient (Wildman–Crippen LogP) is 6.10. The maximum absolute atomic E-state index is 13.7. The zero-order chi connectivity index (χ0) is 19.5. The molecule has 1 aromatic carbocycles. The van der Waals surface area contributed by atoms with Crippen LogP contribution in [0.5, 0.6) is 0 Å². The summed E-state index contributed by atoms with van der Waals surface area (Å²) in [5.74, 6) is 0.517. The molecule has 1 amide bonds. The van der Waals surface area contributed by atoms with Crippen LogP contribution in [0.15, 0.2) is 49.1 Å². The number of amides is 1. The molecule has 0 bridgehead atoms. The van der Waals surface area contributed by atoms with Gasteiger partial charge in [0.2, 0.25) is 6.58 Å². The first-order valence-electron chi connectivity index (χ1n) is 10.5. The van der Waals surface area contributed by atoms with Crippen LogP contribution in [0.2, 0.25) is 25.2 Å². The van der Waals surface area contributed by atoms with Crippen LogP contribution >= 0.6 is 0 Å². The Morgan fingerprint density at radius 2 is 2.00 bits per heavy atom. The molecule has 2 fully saturated rings. The monoisotopic (exact) mass is 380 g/mol. The molecular weight excluding hydrogens is 346 g/mol. The number of likely N-dealkylation sites (tertiary alicyclic amines) is 1. The van der Waals surface area contributed by atoms with Gasteiger partial charge >= 0.3 is 0 Å². The Morgan fingerprint density at radius 1 is 1.26 bits per heavy atom. The molecule has 1 saturated carbocycles. The summed E-state index contributed by atoms with van der Waals surface area (Å²) in [7, 11) is -1.42. The van der Waals surface area contributed by atoms with Gasteiger partial charge in [-0.15, -0.1) is 6.58 Å². The third-order valence-corrected chi connectivity index (χ3v) is 9.75. The van der Waals surface area contributed by atoms with Gasteiger partial charge in [-0.05, 0) is 49.9 Å². The fraction of sp³-hybridized carbons (Fsp3) is 0.542. The molecule has 0 N–H and O–H groups in total. The third kappa shape index (κ3) is 3.95. The minimum atomic E-state index is -1.42. The van der Waals surface area contributed by atoms with Crippen LogP contribution in [0.3, 0.4) is 0 Å². The standard InChI is InChI=1S/C24H34NOSi/c1-5-18-27(3,4)19-22-15-17-24(16-11-10-14-21(24)6-2)25(22)23(26)20-12-8-7-9-13-20/h2,5-9,12-13,21-22H,1,10-11,14-19H2,3-4H3/q+1. The van der Waals surface area contributed by atoms with E-state index in [2.05, 4.69) is 30.6 Å². The zero-order valence-electron chi connectivity index (χ0n) is 17.0. The first-order chi connectivity index (χ1) is 12.9. The Balaban J connectivity index is 1.98. The SMILES string of the molecule is [CH+]=CC1CCCCC12CCC(C[Si](C)(C)CC=C)N2C(=O)c1ccccc1. The minimum Gasteiger partial charge on any atom is -0.330 e. The van der Waals surface area contributed by atoms with E-state index in [1.165, 1.54) is 12.8 Å². The van der Waals surface area contributed by atoms with Crippen molar-refractivity contribution in [1.29, 1.82) is 0 Å². The Morgan fingerprint density at radius 3 is 2.67 bits per heavy atom. The van der Waals surface area contributed by atoms with Gasteiger partial charge in [0, 0.05) is 17.5 Å². The van der Waals surface area contributed by atoms with Crippen molar-refractivity contribution >= 4 is 14.0 Å². The number of carbonyl (C=O) groups is 1. The molecule has 3 rings (SSSR count). The lowest BCUT2D eigenvalue weighted by Crippen LogP contribution is -2.56. The van der Waals surface area contributed by atoms with Gasteiger partial charge in [0.05, 0.1) is 13.6 Å². The van der Waals surface area contributed by atoms with Crippen LogP contribution in [0.25, 0.3) is 0 Å². The van der Waals surface area contributed by atoms with Gasteiger partial charge in [0.25, 0.3) is 5.91 Å². The molecule has 1 aliphatic carbocycles. The van der Waals surface area contributed by atoms with Crippen LogP contribution in [0, 0.1) is 12.5 Å². The number of hydrogen-bond donors (Lipinski definition) is 0. The topological polar surface area (TPSA) is 20.3 Å². The summed E-state index contributed by atoms with van der Waals surface area (Å²) in [5.41, 5.74) is 0.733.